The van der Waals surface area contributed by atoms with Gasteiger partial charge in [0.2, 0.25) is 0 Å². The van der Waals surface area contributed by atoms with Crippen LogP contribution in [0.3, 0.4) is 0 Å². The molecule has 5 nitrogen and oxygen atoms in total. The van der Waals surface area contributed by atoms with E-state index in [1.54, 1.807) is 0 Å². The first kappa shape index (κ1) is 17.3. The lowest BCUT2D eigenvalue weighted by molar-refractivity contribution is -0.137. The molecule has 7 heteroatoms. The molecule has 0 aromatic heterocycles. The lowest BCUT2D eigenvalue weighted by atomic mass is 9.79. The number of hydrogen-bond donors (Lipinski definition) is 3. The Hall–Kier alpha value is -3.06. The number of benzene rings is 2. The Morgan fingerprint density at radius 1 is 0.917 bits per heavy atom. The summed E-state index contributed by atoms with van der Waals surface area (Å²) in [6.45, 7) is 0. The third-order valence-corrected chi connectivity index (χ3v) is 3.37. The number of hydrogen-bond acceptors (Lipinski definition) is 3. The molecule has 0 aliphatic heterocycles. The van der Waals surface area contributed by atoms with Gasteiger partial charge in [0.1, 0.15) is 17.2 Å². The average Bonchev–Trinajstić information content (AvgIpc) is 2.51. The molecule has 2 aromatic rings. The van der Waals surface area contributed by atoms with Gasteiger partial charge in [0, 0.05) is 6.08 Å². The van der Waals surface area contributed by atoms with Crippen molar-refractivity contribution in [2.75, 3.05) is 0 Å². The van der Waals surface area contributed by atoms with E-state index in [0.29, 0.717) is 0 Å². The van der Waals surface area contributed by atoms with Gasteiger partial charge in [-0.2, -0.15) is 0 Å². The lowest BCUT2D eigenvalue weighted by Gasteiger charge is -2.30. The van der Waals surface area contributed by atoms with E-state index in [2.05, 4.69) is 0 Å². The monoisotopic (exact) mass is 334 g/mol. The summed E-state index contributed by atoms with van der Waals surface area (Å²) in [5.41, 5.74) is -4.01. The van der Waals surface area contributed by atoms with Gasteiger partial charge in [-0.05, 0) is 35.4 Å². The van der Waals surface area contributed by atoms with Crippen molar-refractivity contribution in [3.8, 4) is 0 Å². The molecule has 0 unspecified atom stereocenters. The van der Waals surface area contributed by atoms with Gasteiger partial charge in [0.15, 0.2) is 0 Å². The van der Waals surface area contributed by atoms with Crippen molar-refractivity contribution in [2.45, 2.75) is 5.60 Å². The fourth-order valence-corrected chi connectivity index (χ4v) is 2.35. The molecule has 124 valence electrons. The van der Waals surface area contributed by atoms with Crippen molar-refractivity contribution < 1.29 is 33.7 Å². The zero-order chi connectivity index (χ0) is 17.9. The van der Waals surface area contributed by atoms with E-state index in [9.17, 15) is 28.6 Å². The molecule has 0 saturated heterocycles. The standard InChI is InChI=1S/C17H12F2O5/c18-12-5-1-3-10(7-12)17(24,11-4-2-6-13(19)8-11)14(16(22)23)9-15(20)21/h1-9,24H,(H,20,21)(H,22,23)/b14-9-. The van der Waals surface area contributed by atoms with E-state index in [0.717, 1.165) is 24.3 Å². The molecule has 3 N–H and O–H groups in total. The largest absolute Gasteiger partial charge is 0.478 e. The minimum absolute atomic E-state index is 0.247. The second-order valence-electron chi connectivity index (χ2n) is 4.93. The number of carboxylic acids is 2. The molecule has 0 amide bonds. The van der Waals surface area contributed by atoms with Crippen LogP contribution in [-0.4, -0.2) is 27.3 Å². The highest BCUT2D eigenvalue weighted by atomic mass is 19.1. The molecular formula is C17H12F2O5. The minimum Gasteiger partial charge on any atom is -0.478 e. The first-order valence-corrected chi connectivity index (χ1v) is 6.68. The van der Waals surface area contributed by atoms with Crippen LogP contribution in [-0.2, 0) is 15.2 Å². The molecule has 0 saturated carbocycles. The number of carbonyl (C=O) groups is 2. The van der Waals surface area contributed by atoms with Crippen LogP contribution in [0.5, 0.6) is 0 Å². The van der Waals surface area contributed by atoms with Gasteiger partial charge in [-0.15, -0.1) is 0 Å². The maximum Gasteiger partial charge on any atom is 0.335 e. The van der Waals surface area contributed by atoms with Crippen LogP contribution in [0.15, 0.2) is 60.2 Å². The average molecular weight is 334 g/mol. The van der Waals surface area contributed by atoms with Crippen LogP contribution in [0.4, 0.5) is 8.78 Å². The van der Waals surface area contributed by atoms with Crippen molar-refractivity contribution in [3.63, 3.8) is 0 Å². The molecule has 2 aromatic carbocycles. The normalized spacial score (nSPS) is 12.0. The summed E-state index contributed by atoms with van der Waals surface area (Å²) in [6, 6.07) is 8.70. The van der Waals surface area contributed by atoms with Crippen LogP contribution >= 0.6 is 0 Å². The second-order valence-corrected chi connectivity index (χ2v) is 4.93. The molecule has 2 rings (SSSR count). The molecule has 0 radical (unpaired) electrons. The predicted octanol–water partition coefficient (Wildman–Crippen LogP) is 2.30. The molecule has 0 spiro atoms. The number of aliphatic hydroxyl groups is 1. The fraction of sp³-hybridized carbons (Fsp3) is 0.0588. The van der Waals surface area contributed by atoms with E-state index >= 15 is 0 Å². The van der Waals surface area contributed by atoms with Crippen molar-refractivity contribution in [1.29, 1.82) is 0 Å². The lowest BCUT2D eigenvalue weighted by Crippen LogP contribution is -2.34. The van der Waals surface area contributed by atoms with E-state index in [1.165, 1.54) is 24.3 Å². The van der Waals surface area contributed by atoms with E-state index < -0.39 is 34.7 Å². The van der Waals surface area contributed by atoms with Gasteiger partial charge >= 0.3 is 11.9 Å². The van der Waals surface area contributed by atoms with Crippen molar-refractivity contribution in [3.05, 3.63) is 82.9 Å². The SMILES string of the molecule is O=C(O)/C=C(/C(=O)O)C(O)(c1cccc(F)c1)c1cccc(F)c1. The summed E-state index contributed by atoms with van der Waals surface area (Å²) < 4.78 is 27.1. The molecule has 0 heterocycles. The van der Waals surface area contributed by atoms with Crippen LogP contribution < -0.4 is 0 Å². The number of halogens is 2. The first-order chi connectivity index (χ1) is 11.2. The van der Waals surface area contributed by atoms with Crippen LogP contribution in [0, 0.1) is 11.6 Å². The molecule has 24 heavy (non-hydrogen) atoms. The van der Waals surface area contributed by atoms with Gasteiger partial charge in [0.05, 0.1) is 5.57 Å². The Morgan fingerprint density at radius 3 is 1.71 bits per heavy atom. The molecule has 0 aliphatic rings. The zero-order valence-corrected chi connectivity index (χ0v) is 12.1. The van der Waals surface area contributed by atoms with E-state index in [1.807, 2.05) is 0 Å². The van der Waals surface area contributed by atoms with E-state index in [-0.39, 0.29) is 17.2 Å². The highest BCUT2D eigenvalue weighted by Gasteiger charge is 2.41. The maximum absolute atomic E-state index is 13.6. The summed E-state index contributed by atoms with van der Waals surface area (Å²) in [5.74, 6) is -4.92. The number of rotatable bonds is 5. The van der Waals surface area contributed by atoms with E-state index in [4.69, 9.17) is 5.11 Å². The molecule has 0 aliphatic carbocycles. The van der Waals surface area contributed by atoms with Gasteiger partial charge < -0.3 is 15.3 Å². The molecule has 0 atom stereocenters. The summed E-state index contributed by atoms with van der Waals surface area (Å²) in [5, 5.41) is 29.3. The molecule has 0 bridgehead atoms. The molecule has 0 fully saturated rings. The van der Waals surface area contributed by atoms with Gasteiger partial charge in [-0.3, -0.25) is 0 Å². The third-order valence-electron chi connectivity index (χ3n) is 3.37. The fourth-order valence-electron chi connectivity index (χ4n) is 2.35. The highest BCUT2D eigenvalue weighted by molar-refractivity contribution is 5.97. The minimum atomic E-state index is -2.56. The Balaban J connectivity index is 2.83. The Bertz CT molecular complexity index is 784. The van der Waals surface area contributed by atoms with Crippen LogP contribution in [0.2, 0.25) is 0 Å². The second kappa shape index (κ2) is 6.59. The van der Waals surface area contributed by atoms with Crippen molar-refractivity contribution in [2.24, 2.45) is 0 Å². The van der Waals surface area contributed by atoms with Crippen molar-refractivity contribution in [1.82, 2.24) is 0 Å². The van der Waals surface area contributed by atoms with Crippen LogP contribution in [0.25, 0.3) is 0 Å². The summed E-state index contributed by atoms with van der Waals surface area (Å²) >= 11 is 0. The highest BCUT2D eigenvalue weighted by Crippen LogP contribution is 2.37. The van der Waals surface area contributed by atoms with Gasteiger partial charge in [-0.25, -0.2) is 18.4 Å². The number of aliphatic carboxylic acids is 2. The smallest absolute Gasteiger partial charge is 0.335 e. The maximum atomic E-state index is 13.6. The Kier molecular flexibility index (Phi) is 4.75. The first-order valence-electron chi connectivity index (χ1n) is 6.68. The van der Waals surface area contributed by atoms with Gasteiger partial charge in [0.25, 0.3) is 0 Å². The zero-order valence-electron chi connectivity index (χ0n) is 12.1. The summed E-state index contributed by atoms with van der Waals surface area (Å²) in [7, 11) is 0. The summed E-state index contributed by atoms with van der Waals surface area (Å²) in [4.78, 5) is 22.5. The predicted molar refractivity (Wildman–Crippen MR) is 79.2 cm³/mol. The van der Waals surface area contributed by atoms with Crippen LogP contribution in [0.1, 0.15) is 11.1 Å². The van der Waals surface area contributed by atoms with Gasteiger partial charge in [-0.1, -0.05) is 24.3 Å². The quantitative estimate of drug-likeness (QED) is 0.729. The van der Waals surface area contributed by atoms with Crippen molar-refractivity contribution >= 4 is 11.9 Å². The Labute approximate surface area is 135 Å². The topological polar surface area (TPSA) is 94.8 Å². The third kappa shape index (κ3) is 3.31. The number of carboxylic acid groups (broad SMARTS) is 2. The Morgan fingerprint density at radius 2 is 1.38 bits per heavy atom. The summed E-state index contributed by atoms with van der Waals surface area (Å²) in [6.07, 6.45) is 0.290. The molecular weight excluding hydrogens is 322 g/mol.